The molecule has 1 rings (SSSR count). The van der Waals surface area contributed by atoms with Crippen LogP contribution in [0.2, 0.25) is 0 Å². The van der Waals surface area contributed by atoms with E-state index in [-0.39, 0.29) is 36.6 Å². The van der Waals surface area contributed by atoms with Gasteiger partial charge in [-0.3, -0.25) is 0 Å². The Morgan fingerprint density at radius 2 is 2.05 bits per heavy atom. The number of rotatable bonds is 8. The summed E-state index contributed by atoms with van der Waals surface area (Å²) in [5.41, 5.74) is -0.295. The van der Waals surface area contributed by atoms with E-state index in [0.717, 1.165) is 4.31 Å². The van der Waals surface area contributed by atoms with Crippen LogP contribution in [-0.4, -0.2) is 50.6 Å². The first-order valence-electron chi connectivity index (χ1n) is 6.13. The molecule has 8 heteroatoms. The quantitative estimate of drug-likeness (QED) is 0.765. The van der Waals surface area contributed by atoms with E-state index in [2.05, 4.69) is 0 Å². The number of ether oxygens (including phenoxy) is 1. The predicted molar refractivity (Wildman–Crippen MR) is 74.3 cm³/mol. The minimum Gasteiger partial charge on any atom is -0.478 e. The van der Waals surface area contributed by atoms with E-state index in [1.165, 1.54) is 31.4 Å². The third-order valence-electron chi connectivity index (χ3n) is 2.75. The molecule has 0 heterocycles. The number of nitriles is 1. The summed E-state index contributed by atoms with van der Waals surface area (Å²) in [4.78, 5) is 10.9. The second-order valence-electron chi connectivity index (χ2n) is 4.11. The molecule has 0 radical (unpaired) electrons. The molecule has 0 atom stereocenters. The lowest BCUT2D eigenvalue weighted by atomic mass is 10.2. The van der Waals surface area contributed by atoms with Crippen molar-refractivity contribution in [1.82, 2.24) is 4.31 Å². The number of aromatic carboxylic acids is 1. The third kappa shape index (κ3) is 4.26. The standard InChI is InChI=1S/C13H16N2O5S/c1-20-10-9-15(8-4-7-14)21(18,19)12-6-3-2-5-11(12)13(16)17/h2-3,5-6H,4,8-10H2,1H3,(H,16,17). The minimum atomic E-state index is -4.00. The fourth-order valence-corrected chi connectivity index (χ4v) is 3.34. The highest BCUT2D eigenvalue weighted by atomic mass is 32.2. The summed E-state index contributed by atoms with van der Waals surface area (Å²) >= 11 is 0. The highest BCUT2D eigenvalue weighted by Crippen LogP contribution is 2.20. The molecule has 0 aliphatic rings. The smallest absolute Gasteiger partial charge is 0.337 e. The molecule has 7 nitrogen and oxygen atoms in total. The van der Waals surface area contributed by atoms with Gasteiger partial charge in [0.25, 0.3) is 0 Å². The molecule has 0 fully saturated rings. The molecule has 0 spiro atoms. The molecule has 0 aliphatic carbocycles. The zero-order chi connectivity index (χ0) is 15.9. The molecule has 114 valence electrons. The van der Waals surface area contributed by atoms with Gasteiger partial charge in [-0.1, -0.05) is 12.1 Å². The first-order chi connectivity index (χ1) is 9.95. The number of hydrogen-bond acceptors (Lipinski definition) is 5. The van der Waals surface area contributed by atoms with Crippen molar-refractivity contribution in [2.24, 2.45) is 0 Å². The summed E-state index contributed by atoms with van der Waals surface area (Å²) in [7, 11) is -2.57. The normalized spacial score (nSPS) is 11.3. The Bertz CT molecular complexity index is 636. The fraction of sp³-hybridized carbons (Fsp3) is 0.385. The van der Waals surface area contributed by atoms with Crippen LogP contribution in [0.3, 0.4) is 0 Å². The maximum Gasteiger partial charge on any atom is 0.337 e. The van der Waals surface area contributed by atoms with Gasteiger partial charge in [-0.15, -0.1) is 0 Å². The molecule has 1 aromatic carbocycles. The van der Waals surface area contributed by atoms with E-state index in [1.807, 2.05) is 6.07 Å². The lowest BCUT2D eigenvalue weighted by Crippen LogP contribution is -2.35. The number of methoxy groups -OCH3 is 1. The number of sulfonamides is 1. The highest BCUT2D eigenvalue weighted by Gasteiger charge is 2.28. The Kier molecular flexibility index (Phi) is 6.30. The molecule has 1 N–H and O–H groups in total. The van der Waals surface area contributed by atoms with Crippen LogP contribution in [0.4, 0.5) is 0 Å². The Labute approximate surface area is 123 Å². The van der Waals surface area contributed by atoms with Gasteiger partial charge in [-0.05, 0) is 12.1 Å². The first kappa shape index (κ1) is 17.1. The highest BCUT2D eigenvalue weighted by molar-refractivity contribution is 7.89. The van der Waals surface area contributed by atoms with Crippen LogP contribution in [-0.2, 0) is 14.8 Å². The number of benzene rings is 1. The zero-order valence-electron chi connectivity index (χ0n) is 11.5. The lowest BCUT2D eigenvalue weighted by molar-refractivity contribution is 0.0692. The fourth-order valence-electron chi connectivity index (χ4n) is 1.73. The number of nitrogens with zero attached hydrogens (tertiary/aromatic N) is 2. The Hall–Kier alpha value is -1.95. The van der Waals surface area contributed by atoms with E-state index in [1.54, 1.807) is 0 Å². The van der Waals surface area contributed by atoms with Crippen molar-refractivity contribution in [3.05, 3.63) is 29.8 Å². The average molecular weight is 312 g/mol. The van der Waals surface area contributed by atoms with E-state index >= 15 is 0 Å². The topological polar surface area (TPSA) is 108 Å². The number of carboxylic acids is 1. The SMILES string of the molecule is COCCN(CCC#N)S(=O)(=O)c1ccccc1C(=O)O. The molecule has 1 aromatic rings. The van der Waals surface area contributed by atoms with Gasteiger partial charge in [-0.25, -0.2) is 13.2 Å². The minimum absolute atomic E-state index is 0.0121. The van der Waals surface area contributed by atoms with Crippen molar-refractivity contribution in [2.75, 3.05) is 26.8 Å². The average Bonchev–Trinajstić information content (AvgIpc) is 2.47. The predicted octanol–water partition coefficient (Wildman–Crippen LogP) is 0.936. The van der Waals surface area contributed by atoms with Crippen LogP contribution in [0.25, 0.3) is 0 Å². The monoisotopic (exact) mass is 312 g/mol. The van der Waals surface area contributed by atoms with Crippen molar-refractivity contribution in [2.45, 2.75) is 11.3 Å². The van der Waals surface area contributed by atoms with Gasteiger partial charge in [0.2, 0.25) is 10.0 Å². The molecule has 21 heavy (non-hydrogen) atoms. The summed E-state index contributed by atoms with van der Waals surface area (Å²) < 4.78 is 31.0. The van der Waals surface area contributed by atoms with E-state index in [0.29, 0.717) is 0 Å². The van der Waals surface area contributed by atoms with E-state index in [4.69, 9.17) is 15.1 Å². The summed E-state index contributed by atoms with van der Waals surface area (Å²) in [5, 5.41) is 17.7. The zero-order valence-corrected chi connectivity index (χ0v) is 12.3. The maximum absolute atomic E-state index is 12.6. The van der Waals surface area contributed by atoms with Crippen molar-refractivity contribution in [3.8, 4) is 6.07 Å². The molecule has 0 bridgehead atoms. The van der Waals surface area contributed by atoms with Crippen LogP contribution in [0.15, 0.2) is 29.2 Å². The molecule has 0 amide bonds. The van der Waals surface area contributed by atoms with Crippen molar-refractivity contribution in [1.29, 1.82) is 5.26 Å². The van der Waals surface area contributed by atoms with E-state index in [9.17, 15) is 13.2 Å². The summed E-state index contributed by atoms with van der Waals surface area (Å²) in [6, 6.07) is 7.26. The largest absolute Gasteiger partial charge is 0.478 e. The van der Waals surface area contributed by atoms with Crippen LogP contribution in [0.5, 0.6) is 0 Å². The summed E-state index contributed by atoms with van der Waals surface area (Å²) in [5.74, 6) is -1.32. The third-order valence-corrected chi connectivity index (χ3v) is 4.71. The number of carboxylic acid groups (broad SMARTS) is 1. The van der Waals surface area contributed by atoms with Crippen molar-refractivity contribution in [3.63, 3.8) is 0 Å². The van der Waals surface area contributed by atoms with Crippen molar-refractivity contribution >= 4 is 16.0 Å². The van der Waals surface area contributed by atoms with Crippen LogP contribution < -0.4 is 0 Å². The Balaban J connectivity index is 3.22. The van der Waals surface area contributed by atoms with Crippen molar-refractivity contribution < 1.29 is 23.1 Å². The molecular weight excluding hydrogens is 296 g/mol. The molecule has 0 saturated heterocycles. The second-order valence-corrected chi connectivity index (χ2v) is 6.01. The molecule has 0 aliphatic heterocycles. The van der Waals surface area contributed by atoms with Crippen LogP contribution in [0.1, 0.15) is 16.8 Å². The maximum atomic E-state index is 12.6. The molecule has 0 saturated carbocycles. The van der Waals surface area contributed by atoms with Gasteiger partial charge in [0.05, 0.1) is 23.1 Å². The first-order valence-corrected chi connectivity index (χ1v) is 7.57. The van der Waals surface area contributed by atoms with Gasteiger partial charge in [0.1, 0.15) is 0 Å². The molecule has 0 unspecified atom stereocenters. The van der Waals surface area contributed by atoms with Crippen LogP contribution >= 0.6 is 0 Å². The van der Waals surface area contributed by atoms with Gasteiger partial charge >= 0.3 is 5.97 Å². The molecular formula is C13H16N2O5S. The lowest BCUT2D eigenvalue weighted by Gasteiger charge is -2.21. The van der Waals surface area contributed by atoms with E-state index < -0.39 is 16.0 Å². The van der Waals surface area contributed by atoms with Gasteiger partial charge in [0.15, 0.2) is 0 Å². The summed E-state index contributed by atoms with van der Waals surface area (Å²) in [6.07, 6.45) is 0.0121. The van der Waals surface area contributed by atoms with Gasteiger partial charge < -0.3 is 9.84 Å². The number of carbonyl (C=O) groups is 1. The molecule has 0 aromatic heterocycles. The Morgan fingerprint density at radius 3 is 2.62 bits per heavy atom. The Morgan fingerprint density at radius 1 is 1.38 bits per heavy atom. The summed E-state index contributed by atoms with van der Waals surface area (Å²) in [6.45, 7) is 0.185. The van der Waals surface area contributed by atoms with Gasteiger partial charge in [-0.2, -0.15) is 9.57 Å². The number of hydrogen-bond donors (Lipinski definition) is 1. The van der Waals surface area contributed by atoms with Gasteiger partial charge in [0, 0.05) is 26.6 Å². The van der Waals surface area contributed by atoms with Crippen LogP contribution in [0, 0.1) is 11.3 Å². The second kappa shape index (κ2) is 7.73.